The molecule has 1 aliphatic heterocycles. The van der Waals surface area contributed by atoms with Gasteiger partial charge in [-0.25, -0.2) is 0 Å². The van der Waals surface area contributed by atoms with Crippen LogP contribution in [-0.4, -0.2) is 47.2 Å². The van der Waals surface area contributed by atoms with Crippen LogP contribution in [0.4, 0.5) is 18.9 Å². The van der Waals surface area contributed by atoms with Crippen molar-refractivity contribution in [3.8, 4) is 0 Å². The van der Waals surface area contributed by atoms with Crippen molar-refractivity contribution >= 4 is 44.5 Å². The number of nitrogens with zero attached hydrogens (tertiary/aromatic N) is 1. The number of thiophene rings is 1. The van der Waals surface area contributed by atoms with Crippen LogP contribution in [0.25, 0.3) is 0 Å². The fourth-order valence-corrected chi connectivity index (χ4v) is 7.13. The number of carbonyl (C=O) groups is 2. The van der Waals surface area contributed by atoms with Gasteiger partial charge in [0.2, 0.25) is 6.41 Å². The standard InChI is InChI=1S/C29H36BrF3N2O4S/c1-17(36)26(13-19-11-23(29(31,32)33)27(34)24(30)12-19)39-28(38)35-9-7-18(8-10-35)5-6-20-14-22-16-40-15-21(22)3-2-4-25(20)37/h11-12,15-16,18,20,26,28,38H,2-10,13-14,34H2,1H3/t20?,26-,28?/m1/s1. The summed E-state index contributed by atoms with van der Waals surface area (Å²) in [6.45, 7) is 2.42. The molecule has 6 nitrogen and oxygen atoms in total. The summed E-state index contributed by atoms with van der Waals surface area (Å²) in [5.41, 5.74) is 7.11. The normalized spacial score (nSPS) is 20.9. The van der Waals surface area contributed by atoms with Crippen LogP contribution in [0, 0.1) is 11.8 Å². The maximum atomic E-state index is 13.4. The molecule has 0 amide bonds. The Morgan fingerprint density at radius 3 is 2.58 bits per heavy atom. The van der Waals surface area contributed by atoms with Crippen molar-refractivity contribution in [1.29, 1.82) is 0 Å². The molecule has 0 spiro atoms. The van der Waals surface area contributed by atoms with Crippen LogP contribution in [0.2, 0.25) is 0 Å². The van der Waals surface area contributed by atoms with Gasteiger partial charge in [-0.05, 0) is 113 Å². The van der Waals surface area contributed by atoms with Crippen molar-refractivity contribution in [3.63, 3.8) is 0 Å². The van der Waals surface area contributed by atoms with Gasteiger partial charge in [-0.3, -0.25) is 14.5 Å². The number of aliphatic hydroxyl groups excluding tert-OH is 1. The first kappa shape index (κ1) is 31.2. The molecule has 0 saturated carbocycles. The molecule has 4 rings (SSSR count). The van der Waals surface area contributed by atoms with Crippen molar-refractivity contribution in [2.24, 2.45) is 11.8 Å². The number of halogens is 4. The van der Waals surface area contributed by atoms with E-state index in [9.17, 15) is 27.9 Å². The summed E-state index contributed by atoms with van der Waals surface area (Å²) in [4.78, 5) is 26.8. The minimum atomic E-state index is -4.64. The van der Waals surface area contributed by atoms with Crippen LogP contribution >= 0.6 is 27.3 Å². The molecule has 0 bridgehead atoms. The predicted molar refractivity (Wildman–Crippen MR) is 152 cm³/mol. The van der Waals surface area contributed by atoms with Crippen LogP contribution < -0.4 is 5.73 Å². The van der Waals surface area contributed by atoms with Crippen molar-refractivity contribution in [2.45, 2.75) is 83.4 Å². The number of nitrogens with two attached hydrogens (primary N) is 1. The van der Waals surface area contributed by atoms with Gasteiger partial charge in [-0.1, -0.05) is 0 Å². The van der Waals surface area contributed by atoms with Crippen LogP contribution in [0.3, 0.4) is 0 Å². The van der Waals surface area contributed by atoms with Gasteiger partial charge in [0.15, 0.2) is 5.78 Å². The lowest BCUT2D eigenvalue weighted by Crippen LogP contribution is -2.45. The molecule has 0 radical (unpaired) electrons. The number of alkyl halides is 3. The summed E-state index contributed by atoms with van der Waals surface area (Å²) in [6, 6.07) is 2.35. The lowest BCUT2D eigenvalue weighted by atomic mass is 9.82. The first-order valence-corrected chi connectivity index (χ1v) is 15.5. The lowest BCUT2D eigenvalue weighted by Gasteiger charge is -2.36. The average Bonchev–Trinajstić information content (AvgIpc) is 3.32. The molecule has 2 aromatic rings. The Morgan fingerprint density at radius 2 is 1.90 bits per heavy atom. The number of ketones is 2. The number of aryl methyl sites for hydroxylation is 1. The van der Waals surface area contributed by atoms with E-state index in [-0.39, 0.29) is 22.4 Å². The second-order valence-corrected chi connectivity index (χ2v) is 12.6. The zero-order valence-corrected chi connectivity index (χ0v) is 24.9. The third-order valence-corrected chi connectivity index (χ3v) is 9.66. The number of rotatable bonds is 9. The van der Waals surface area contributed by atoms with Crippen LogP contribution in [0.5, 0.6) is 0 Å². The number of nitrogen functional groups attached to an aromatic ring is 1. The second-order valence-electron chi connectivity index (χ2n) is 11.0. The predicted octanol–water partition coefficient (Wildman–Crippen LogP) is 6.16. The molecular weight excluding hydrogens is 609 g/mol. The number of Topliss-reactive ketones (excluding diaryl/α,β-unsaturated/α-hetero) is 2. The van der Waals surface area contributed by atoms with E-state index in [1.54, 1.807) is 16.2 Å². The summed E-state index contributed by atoms with van der Waals surface area (Å²) in [5.74, 6) is 0.459. The van der Waals surface area contributed by atoms with Gasteiger partial charge >= 0.3 is 6.18 Å². The van der Waals surface area contributed by atoms with E-state index in [1.165, 1.54) is 24.1 Å². The molecular formula is C29H36BrF3N2O4S. The van der Waals surface area contributed by atoms with E-state index in [4.69, 9.17) is 10.5 Å². The van der Waals surface area contributed by atoms with E-state index in [0.29, 0.717) is 31.2 Å². The van der Waals surface area contributed by atoms with E-state index in [1.807, 2.05) is 0 Å². The Morgan fingerprint density at radius 1 is 1.20 bits per heavy atom. The highest BCUT2D eigenvalue weighted by Crippen LogP contribution is 2.38. The lowest BCUT2D eigenvalue weighted by molar-refractivity contribution is -0.221. The number of likely N-dealkylation sites (tertiary alicyclic amines) is 1. The summed E-state index contributed by atoms with van der Waals surface area (Å²) < 4.78 is 45.9. The highest BCUT2D eigenvalue weighted by Gasteiger charge is 2.35. The van der Waals surface area contributed by atoms with Crippen molar-refractivity contribution in [1.82, 2.24) is 4.90 Å². The molecule has 11 heteroatoms. The molecule has 3 N–H and O–H groups in total. The minimum absolute atomic E-state index is 0.0585. The fraction of sp³-hybridized carbons (Fsp3) is 0.586. The summed E-state index contributed by atoms with van der Waals surface area (Å²) in [6.07, 6.45) is -0.409. The third kappa shape index (κ3) is 7.94. The summed E-state index contributed by atoms with van der Waals surface area (Å²) in [5, 5.41) is 15.1. The molecule has 220 valence electrons. The highest BCUT2D eigenvalue weighted by molar-refractivity contribution is 9.10. The Kier molecular flexibility index (Phi) is 10.5. The van der Waals surface area contributed by atoms with Crippen LogP contribution in [-0.2, 0) is 39.8 Å². The van der Waals surface area contributed by atoms with E-state index >= 15 is 0 Å². The van der Waals surface area contributed by atoms with Crippen molar-refractivity contribution in [3.05, 3.63) is 49.6 Å². The number of carbonyl (C=O) groups excluding carboxylic acids is 2. The number of hydrogen-bond donors (Lipinski definition) is 2. The Labute approximate surface area is 245 Å². The minimum Gasteiger partial charge on any atom is -0.397 e. The zero-order chi connectivity index (χ0) is 29.0. The van der Waals surface area contributed by atoms with E-state index in [2.05, 4.69) is 26.7 Å². The Hall–Kier alpha value is -1.79. The van der Waals surface area contributed by atoms with Gasteiger partial charge in [0.05, 0.1) is 11.3 Å². The molecule has 40 heavy (non-hydrogen) atoms. The zero-order valence-electron chi connectivity index (χ0n) is 22.5. The fourth-order valence-electron chi connectivity index (χ4n) is 5.71. The maximum Gasteiger partial charge on any atom is 0.418 e. The monoisotopic (exact) mass is 644 g/mol. The average molecular weight is 646 g/mol. The third-order valence-electron chi connectivity index (χ3n) is 8.16. The number of anilines is 1. The Bertz CT molecular complexity index is 1200. The smallest absolute Gasteiger partial charge is 0.397 e. The molecule has 1 aromatic heterocycles. The van der Waals surface area contributed by atoms with E-state index in [0.717, 1.165) is 51.0 Å². The van der Waals surface area contributed by atoms with Gasteiger partial charge in [0.1, 0.15) is 11.9 Å². The number of ether oxygens (including phenoxy) is 1. The number of fused-ring (bicyclic) bond motifs is 1. The van der Waals surface area contributed by atoms with Gasteiger partial charge in [-0.15, -0.1) is 0 Å². The van der Waals surface area contributed by atoms with E-state index < -0.39 is 35.7 Å². The number of benzene rings is 1. The molecule has 3 atom stereocenters. The quantitative estimate of drug-likeness (QED) is 0.251. The first-order chi connectivity index (χ1) is 18.9. The molecule has 1 saturated heterocycles. The molecule has 2 heterocycles. The largest absolute Gasteiger partial charge is 0.418 e. The van der Waals surface area contributed by atoms with Gasteiger partial charge in [-0.2, -0.15) is 24.5 Å². The molecule has 1 aromatic carbocycles. The van der Waals surface area contributed by atoms with Crippen molar-refractivity contribution < 1.29 is 32.6 Å². The number of aliphatic hydroxyl groups is 1. The highest BCUT2D eigenvalue weighted by atomic mass is 79.9. The van der Waals surface area contributed by atoms with Crippen LogP contribution in [0.1, 0.15) is 67.7 Å². The Balaban J connectivity index is 1.29. The molecule has 1 fully saturated rings. The van der Waals surface area contributed by atoms with Gasteiger partial charge < -0.3 is 15.6 Å². The first-order valence-electron chi connectivity index (χ1n) is 13.7. The van der Waals surface area contributed by atoms with Crippen molar-refractivity contribution in [2.75, 3.05) is 18.8 Å². The van der Waals surface area contributed by atoms with Crippen LogP contribution in [0.15, 0.2) is 27.4 Å². The summed E-state index contributed by atoms with van der Waals surface area (Å²) in [7, 11) is 0. The number of hydrogen-bond acceptors (Lipinski definition) is 7. The second kappa shape index (κ2) is 13.5. The molecule has 2 aliphatic rings. The molecule has 1 aliphatic carbocycles. The SMILES string of the molecule is CC(=O)[C@@H](Cc1cc(Br)c(N)c(C(F)(F)F)c1)OC(O)N1CCC(CCC2Cc3cscc3CCCC2=O)CC1. The topological polar surface area (TPSA) is 92.9 Å². The van der Waals surface area contributed by atoms with Gasteiger partial charge in [0.25, 0.3) is 0 Å². The molecule has 2 unspecified atom stereocenters. The summed E-state index contributed by atoms with van der Waals surface area (Å²) >= 11 is 4.77. The maximum absolute atomic E-state index is 13.4. The number of piperidine rings is 1. The van der Waals surface area contributed by atoms with Gasteiger partial charge in [0, 0.05) is 36.3 Å².